The zero-order valence-electron chi connectivity index (χ0n) is 14.7. The Morgan fingerprint density at radius 1 is 1.50 bits per heavy atom. The van der Waals surface area contributed by atoms with Crippen LogP contribution in [0.5, 0.6) is 0 Å². The van der Waals surface area contributed by atoms with Crippen LogP contribution >= 0.6 is 23.4 Å². The van der Waals surface area contributed by atoms with Crippen LogP contribution in [-0.2, 0) is 11.3 Å². The van der Waals surface area contributed by atoms with Gasteiger partial charge in [0, 0.05) is 23.8 Å². The van der Waals surface area contributed by atoms with E-state index in [-0.39, 0.29) is 23.8 Å². The Hall–Kier alpha value is -2.24. The summed E-state index contributed by atoms with van der Waals surface area (Å²) in [5.74, 6) is -0.0494. The maximum atomic E-state index is 12.7. The van der Waals surface area contributed by atoms with E-state index >= 15 is 0 Å². The Labute approximate surface area is 161 Å². The van der Waals surface area contributed by atoms with Crippen molar-refractivity contribution in [3.63, 3.8) is 0 Å². The molecule has 0 spiro atoms. The molecule has 1 aromatic carbocycles. The Morgan fingerprint density at radius 3 is 2.92 bits per heavy atom. The van der Waals surface area contributed by atoms with Gasteiger partial charge in [0.1, 0.15) is 0 Å². The van der Waals surface area contributed by atoms with Gasteiger partial charge in [0.05, 0.1) is 18.2 Å². The van der Waals surface area contributed by atoms with Crippen molar-refractivity contribution in [1.82, 2.24) is 14.8 Å². The molecular weight excluding hydrogens is 374 g/mol. The lowest BCUT2D eigenvalue weighted by Crippen LogP contribution is -2.33. The molecule has 7 nitrogen and oxygen atoms in total. The van der Waals surface area contributed by atoms with Crippen LogP contribution in [-0.4, -0.2) is 33.0 Å². The van der Waals surface area contributed by atoms with Crippen molar-refractivity contribution in [2.24, 2.45) is 0 Å². The molecule has 0 unspecified atom stereocenters. The number of aryl methyl sites for hydroxylation is 1. The predicted molar refractivity (Wildman–Crippen MR) is 103 cm³/mol. The first-order valence-corrected chi connectivity index (χ1v) is 9.55. The van der Waals surface area contributed by atoms with Gasteiger partial charge in [-0.1, -0.05) is 30.3 Å². The van der Waals surface area contributed by atoms with Gasteiger partial charge in [-0.05, 0) is 37.1 Å². The fourth-order valence-corrected chi connectivity index (χ4v) is 3.36. The van der Waals surface area contributed by atoms with Crippen molar-refractivity contribution >= 4 is 35.0 Å². The van der Waals surface area contributed by atoms with E-state index in [1.807, 2.05) is 19.9 Å². The molecule has 0 aliphatic carbocycles. The van der Waals surface area contributed by atoms with Gasteiger partial charge in [0.2, 0.25) is 5.91 Å². The van der Waals surface area contributed by atoms with Gasteiger partial charge in [-0.15, -0.1) is 5.10 Å². The number of carbonyl (C=O) groups is 1. The maximum absolute atomic E-state index is 12.7. The number of benzene rings is 1. The summed E-state index contributed by atoms with van der Waals surface area (Å²) in [6, 6.07) is 7.38. The summed E-state index contributed by atoms with van der Waals surface area (Å²) in [5.41, 5.74) is 1.27. The number of H-pyrrole nitrogens is 1. The monoisotopic (exact) mass is 393 g/mol. The molecule has 0 fully saturated rings. The number of halogens is 1. The number of rotatable bonds is 8. The summed E-state index contributed by atoms with van der Waals surface area (Å²) in [6.07, 6.45) is 1.01. The number of nitrogens with one attached hydrogen (secondary N) is 1. The average Bonchev–Trinajstić information content (AvgIpc) is 2.97. The molecule has 0 aliphatic rings. The van der Waals surface area contributed by atoms with Gasteiger partial charge in [0.15, 0.2) is 5.16 Å². The van der Waals surface area contributed by atoms with Crippen LogP contribution in [0.4, 0.5) is 5.69 Å². The first-order chi connectivity index (χ1) is 12.5. The van der Waals surface area contributed by atoms with Crippen LogP contribution in [0.3, 0.4) is 0 Å². The quantitative estimate of drug-likeness (QED) is 0.695. The first-order valence-electron chi connectivity index (χ1n) is 8.19. The Morgan fingerprint density at radius 2 is 2.27 bits per heavy atom. The third-order valence-electron chi connectivity index (χ3n) is 3.70. The topological polar surface area (TPSA) is 94.8 Å². The van der Waals surface area contributed by atoms with Crippen LogP contribution in [0.2, 0.25) is 5.02 Å². The zero-order chi connectivity index (χ0) is 19.1. The SMILES string of the molecule is CCCn1c(SCC(=O)N(CCC#N)c2ccc(Cl)c(C)c2)n[nH]c1=O. The second kappa shape index (κ2) is 9.46. The summed E-state index contributed by atoms with van der Waals surface area (Å²) in [4.78, 5) is 26.0. The van der Waals surface area contributed by atoms with Gasteiger partial charge in [0.25, 0.3) is 0 Å². The second-order valence-electron chi connectivity index (χ2n) is 5.64. The third-order valence-corrected chi connectivity index (χ3v) is 5.08. The summed E-state index contributed by atoms with van der Waals surface area (Å²) < 4.78 is 1.52. The first kappa shape index (κ1) is 20.1. The van der Waals surface area contributed by atoms with Gasteiger partial charge in [-0.2, -0.15) is 5.26 Å². The standard InChI is InChI=1S/C17H20ClN5O2S/c1-3-8-23-16(25)20-21-17(23)26-11-15(24)22(9-4-7-19)13-5-6-14(18)12(2)10-13/h5-6,10H,3-4,8-9,11H2,1-2H3,(H,20,25). The van der Waals surface area contributed by atoms with E-state index in [9.17, 15) is 9.59 Å². The van der Waals surface area contributed by atoms with Gasteiger partial charge < -0.3 is 4.90 Å². The Bertz CT molecular complexity index is 871. The second-order valence-corrected chi connectivity index (χ2v) is 6.99. The highest BCUT2D eigenvalue weighted by molar-refractivity contribution is 7.99. The number of amides is 1. The van der Waals surface area contributed by atoms with E-state index < -0.39 is 0 Å². The predicted octanol–water partition coefficient (Wildman–Crippen LogP) is 2.98. The van der Waals surface area contributed by atoms with Crippen LogP contribution in [0.25, 0.3) is 0 Å². The van der Waals surface area contributed by atoms with Gasteiger partial charge in [-0.3, -0.25) is 9.36 Å². The molecule has 0 bridgehead atoms. The lowest BCUT2D eigenvalue weighted by molar-refractivity contribution is -0.116. The van der Waals surface area contributed by atoms with Gasteiger partial charge >= 0.3 is 5.69 Å². The molecule has 26 heavy (non-hydrogen) atoms. The fourth-order valence-electron chi connectivity index (χ4n) is 2.39. The van der Waals surface area contributed by atoms with Crippen molar-refractivity contribution in [2.75, 3.05) is 17.2 Å². The van der Waals surface area contributed by atoms with Crippen molar-refractivity contribution in [2.45, 2.75) is 38.4 Å². The average molecular weight is 394 g/mol. The number of aromatic nitrogens is 3. The minimum absolute atomic E-state index is 0.112. The highest BCUT2D eigenvalue weighted by Gasteiger charge is 2.18. The van der Waals surface area contributed by atoms with E-state index in [0.717, 1.165) is 12.0 Å². The molecule has 2 aromatic rings. The number of carbonyl (C=O) groups excluding carboxylic acids is 1. The lowest BCUT2D eigenvalue weighted by atomic mass is 10.2. The number of anilines is 1. The molecule has 1 heterocycles. The number of thioether (sulfide) groups is 1. The molecule has 9 heteroatoms. The van der Waals surface area contributed by atoms with Crippen LogP contribution in [0.1, 0.15) is 25.3 Å². The Balaban J connectivity index is 2.15. The van der Waals surface area contributed by atoms with Crippen LogP contribution in [0.15, 0.2) is 28.2 Å². The minimum atomic E-state index is -0.281. The number of hydrogen-bond acceptors (Lipinski definition) is 5. The molecule has 0 atom stereocenters. The maximum Gasteiger partial charge on any atom is 0.343 e. The van der Waals surface area contributed by atoms with Gasteiger partial charge in [-0.25, -0.2) is 9.89 Å². The van der Waals surface area contributed by atoms with Crippen molar-refractivity contribution in [1.29, 1.82) is 5.26 Å². The van der Waals surface area contributed by atoms with Crippen molar-refractivity contribution < 1.29 is 4.79 Å². The third kappa shape index (κ3) is 4.90. The minimum Gasteiger partial charge on any atom is -0.311 e. The van der Waals surface area contributed by atoms with Crippen LogP contribution < -0.4 is 10.6 Å². The van der Waals surface area contributed by atoms with Crippen molar-refractivity contribution in [3.8, 4) is 6.07 Å². The van der Waals surface area contributed by atoms with E-state index in [0.29, 0.717) is 29.0 Å². The smallest absolute Gasteiger partial charge is 0.311 e. The van der Waals surface area contributed by atoms with E-state index in [1.165, 1.54) is 16.3 Å². The molecule has 1 amide bonds. The molecule has 2 rings (SSSR count). The molecule has 0 saturated carbocycles. The molecule has 0 radical (unpaired) electrons. The molecule has 1 aromatic heterocycles. The lowest BCUT2D eigenvalue weighted by Gasteiger charge is -2.22. The van der Waals surface area contributed by atoms with E-state index in [2.05, 4.69) is 16.3 Å². The summed E-state index contributed by atoms with van der Waals surface area (Å²) in [5, 5.41) is 16.4. The number of nitriles is 1. The van der Waals surface area contributed by atoms with E-state index in [1.54, 1.807) is 17.0 Å². The molecule has 1 N–H and O–H groups in total. The highest BCUT2D eigenvalue weighted by Crippen LogP contribution is 2.24. The molecular formula is C17H20ClN5O2S. The van der Waals surface area contributed by atoms with E-state index in [4.69, 9.17) is 16.9 Å². The summed E-state index contributed by atoms with van der Waals surface area (Å²) in [7, 11) is 0. The molecule has 138 valence electrons. The van der Waals surface area contributed by atoms with Crippen LogP contribution in [0, 0.1) is 18.3 Å². The Kier molecular flexibility index (Phi) is 7.30. The number of hydrogen-bond donors (Lipinski definition) is 1. The number of aromatic amines is 1. The highest BCUT2D eigenvalue weighted by atomic mass is 35.5. The summed E-state index contributed by atoms with van der Waals surface area (Å²) >= 11 is 7.26. The number of nitrogens with zero attached hydrogens (tertiary/aromatic N) is 4. The fraction of sp³-hybridized carbons (Fsp3) is 0.412. The zero-order valence-corrected chi connectivity index (χ0v) is 16.2. The molecule has 0 aliphatic heterocycles. The summed E-state index contributed by atoms with van der Waals surface area (Å²) in [6.45, 7) is 4.66. The van der Waals surface area contributed by atoms with Crippen molar-refractivity contribution in [3.05, 3.63) is 39.3 Å². The largest absolute Gasteiger partial charge is 0.343 e. The normalized spacial score (nSPS) is 10.5. The molecule has 0 saturated heterocycles.